The second kappa shape index (κ2) is 7.08. The van der Waals surface area contributed by atoms with Crippen molar-refractivity contribution in [3.63, 3.8) is 0 Å². The van der Waals surface area contributed by atoms with Crippen LogP contribution in [0.5, 0.6) is 5.75 Å². The number of hydrogen-bond acceptors (Lipinski definition) is 2. The van der Waals surface area contributed by atoms with Crippen LogP contribution in [0.4, 0.5) is 8.78 Å². The number of halogens is 3. The van der Waals surface area contributed by atoms with E-state index >= 15 is 0 Å². The van der Waals surface area contributed by atoms with Gasteiger partial charge in [-0.25, -0.2) is 8.78 Å². The van der Waals surface area contributed by atoms with Crippen molar-refractivity contribution in [2.45, 2.75) is 37.9 Å². The quantitative estimate of drug-likeness (QED) is 0.667. The van der Waals surface area contributed by atoms with Gasteiger partial charge in [0, 0.05) is 10.6 Å². The second-order valence-corrected chi connectivity index (χ2v) is 6.47. The van der Waals surface area contributed by atoms with Gasteiger partial charge in [0.05, 0.1) is 25.7 Å². The SMILES string of the molecule is COc1ccc(COCc2c(Cl)cccc2C2(C(F)F)CC2)cc1. The zero-order valence-corrected chi connectivity index (χ0v) is 14.2. The molecule has 2 aromatic rings. The minimum Gasteiger partial charge on any atom is -0.497 e. The van der Waals surface area contributed by atoms with E-state index in [0.29, 0.717) is 35.6 Å². The van der Waals surface area contributed by atoms with E-state index in [1.807, 2.05) is 24.3 Å². The van der Waals surface area contributed by atoms with E-state index in [1.54, 1.807) is 25.3 Å². The minimum atomic E-state index is -2.38. The molecule has 3 rings (SSSR count). The van der Waals surface area contributed by atoms with Crippen molar-refractivity contribution in [1.82, 2.24) is 0 Å². The maximum absolute atomic E-state index is 13.4. The van der Waals surface area contributed by atoms with Crippen molar-refractivity contribution in [3.8, 4) is 5.75 Å². The van der Waals surface area contributed by atoms with Gasteiger partial charge in [-0.05, 0) is 42.2 Å². The number of methoxy groups -OCH3 is 1. The lowest BCUT2D eigenvalue weighted by Crippen LogP contribution is -2.20. The van der Waals surface area contributed by atoms with Gasteiger partial charge in [-0.3, -0.25) is 0 Å². The first-order valence-electron chi connectivity index (χ1n) is 7.83. The molecule has 0 aliphatic heterocycles. The third-order valence-electron chi connectivity index (χ3n) is 4.54. The Labute approximate surface area is 145 Å². The molecule has 2 nitrogen and oxygen atoms in total. The lowest BCUT2D eigenvalue weighted by Gasteiger charge is -2.20. The summed E-state index contributed by atoms with van der Waals surface area (Å²) in [5.74, 6) is 0.778. The molecule has 0 N–H and O–H groups in total. The van der Waals surface area contributed by atoms with E-state index in [2.05, 4.69) is 0 Å². The normalized spacial score (nSPS) is 15.5. The van der Waals surface area contributed by atoms with Crippen molar-refractivity contribution in [2.24, 2.45) is 0 Å². The monoisotopic (exact) mass is 352 g/mol. The Balaban J connectivity index is 1.71. The Morgan fingerprint density at radius 3 is 2.38 bits per heavy atom. The Bertz CT molecular complexity index is 697. The van der Waals surface area contributed by atoms with Crippen LogP contribution in [0.25, 0.3) is 0 Å². The molecule has 1 saturated carbocycles. The molecule has 0 heterocycles. The van der Waals surface area contributed by atoms with Crippen LogP contribution in [0, 0.1) is 0 Å². The van der Waals surface area contributed by atoms with E-state index in [1.165, 1.54) is 0 Å². The first-order chi connectivity index (χ1) is 11.6. The third kappa shape index (κ3) is 3.40. The van der Waals surface area contributed by atoms with Gasteiger partial charge in [-0.1, -0.05) is 35.9 Å². The number of ether oxygens (including phenoxy) is 2. The first kappa shape index (κ1) is 17.2. The maximum Gasteiger partial charge on any atom is 0.248 e. The van der Waals surface area contributed by atoms with Crippen LogP contribution in [0.1, 0.15) is 29.5 Å². The molecule has 0 saturated heterocycles. The highest BCUT2D eigenvalue weighted by Crippen LogP contribution is 2.54. The molecular formula is C19H19ClF2O2. The van der Waals surface area contributed by atoms with Crippen LogP contribution in [-0.2, 0) is 23.4 Å². The molecule has 0 radical (unpaired) electrons. The molecule has 1 fully saturated rings. The molecule has 2 aromatic carbocycles. The van der Waals surface area contributed by atoms with Crippen molar-refractivity contribution in [3.05, 3.63) is 64.2 Å². The second-order valence-electron chi connectivity index (χ2n) is 6.06. The van der Waals surface area contributed by atoms with Crippen LogP contribution in [0.15, 0.2) is 42.5 Å². The molecule has 0 atom stereocenters. The Morgan fingerprint density at radius 1 is 1.08 bits per heavy atom. The summed E-state index contributed by atoms with van der Waals surface area (Å²) in [7, 11) is 1.61. The van der Waals surface area contributed by atoms with Crippen LogP contribution >= 0.6 is 11.6 Å². The van der Waals surface area contributed by atoms with Gasteiger partial charge in [0.15, 0.2) is 0 Å². The average Bonchev–Trinajstić information content (AvgIpc) is 3.39. The van der Waals surface area contributed by atoms with Crippen molar-refractivity contribution in [1.29, 1.82) is 0 Å². The number of alkyl halides is 2. The third-order valence-corrected chi connectivity index (χ3v) is 4.89. The van der Waals surface area contributed by atoms with Crippen molar-refractivity contribution >= 4 is 11.6 Å². The Morgan fingerprint density at radius 2 is 1.79 bits per heavy atom. The highest BCUT2D eigenvalue weighted by atomic mass is 35.5. The smallest absolute Gasteiger partial charge is 0.248 e. The summed E-state index contributed by atoms with van der Waals surface area (Å²) in [4.78, 5) is 0. The molecular weight excluding hydrogens is 334 g/mol. The predicted molar refractivity (Wildman–Crippen MR) is 89.9 cm³/mol. The topological polar surface area (TPSA) is 18.5 Å². The fraction of sp³-hybridized carbons (Fsp3) is 0.368. The molecule has 0 unspecified atom stereocenters. The summed E-state index contributed by atoms with van der Waals surface area (Å²) in [5.41, 5.74) is 1.24. The highest BCUT2D eigenvalue weighted by Gasteiger charge is 2.53. The number of rotatable bonds is 7. The summed E-state index contributed by atoms with van der Waals surface area (Å²) in [6, 6.07) is 12.7. The van der Waals surface area contributed by atoms with Gasteiger partial charge < -0.3 is 9.47 Å². The molecule has 1 aliphatic carbocycles. The molecule has 1 aliphatic rings. The van der Waals surface area contributed by atoms with Gasteiger partial charge in [-0.2, -0.15) is 0 Å². The highest BCUT2D eigenvalue weighted by molar-refractivity contribution is 6.31. The van der Waals surface area contributed by atoms with Crippen LogP contribution in [-0.4, -0.2) is 13.5 Å². The van der Waals surface area contributed by atoms with Gasteiger partial charge in [0.25, 0.3) is 0 Å². The van der Waals surface area contributed by atoms with Gasteiger partial charge in [0.2, 0.25) is 6.43 Å². The van der Waals surface area contributed by atoms with E-state index in [0.717, 1.165) is 11.3 Å². The molecule has 0 bridgehead atoms. The Kier molecular flexibility index (Phi) is 5.07. The zero-order valence-electron chi connectivity index (χ0n) is 13.4. The fourth-order valence-electron chi connectivity index (χ4n) is 2.90. The predicted octanol–water partition coefficient (Wildman–Crippen LogP) is 5.36. The largest absolute Gasteiger partial charge is 0.497 e. The fourth-order valence-corrected chi connectivity index (χ4v) is 3.13. The van der Waals surface area contributed by atoms with E-state index in [4.69, 9.17) is 21.1 Å². The van der Waals surface area contributed by atoms with Crippen molar-refractivity contribution in [2.75, 3.05) is 7.11 Å². The Hall–Kier alpha value is -1.65. The summed E-state index contributed by atoms with van der Waals surface area (Å²) < 4.78 is 37.7. The lowest BCUT2D eigenvalue weighted by molar-refractivity contribution is 0.0923. The molecule has 5 heteroatoms. The standard InChI is InChI=1S/C19H19ClF2O2/c1-23-14-7-5-13(6-8-14)11-24-12-15-16(3-2-4-17(15)20)19(9-10-19)18(21)22/h2-8,18H,9-12H2,1H3. The number of hydrogen-bond donors (Lipinski definition) is 0. The van der Waals surface area contributed by atoms with E-state index in [9.17, 15) is 8.78 Å². The lowest BCUT2D eigenvalue weighted by atomic mass is 9.92. The summed E-state index contributed by atoms with van der Waals surface area (Å²) >= 11 is 6.25. The molecule has 0 amide bonds. The summed E-state index contributed by atoms with van der Waals surface area (Å²) in [5, 5.41) is 0.481. The average molecular weight is 353 g/mol. The maximum atomic E-state index is 13.4. The van der Waals surface area contributed by atoms with E-state index in [-0.39, 0.29) is 6.61 Å². The summed E-state index contributed by atoms with van der Waals surface area (Å²) in [6.45, 7) is 0.603. The van der Waals surface area contributed by atoms with Crippen LogP contribution < -0.4 is 4.74 Å². The van der Waals surface area contributed by atoms with E-state index < -0.39 is 11.8 Å². The summed E-state index contributed by atoms with van der Waals surface area (Å²) in [6.07, 6.45) is -1.39. The first-order valence-corrected chi connectivity index (χ1v) is 8.21. The zero-order chi connectivity index (χ0) is 17.2. The van der Waals surface area contributed by atoms with Crippen LogP contribution in [0.2, 0.25) is 5.02 Å². The molecule has 0 aromatic heterocycles. The number of benzene rings is 2. The molecule has 128 valence electrons. The van der Waals surface area contributed by atoms with Crippen LogP contribution in [0.3, 0.4) is 0 Å². The molecule has 0 spiro atoms. The molecule has 24 heavy (non-hydrogen) atoms. The van der Waals surface area contributed by atoms with Crippen molar-refractivity contribution < 1.29 is 18.3 Å². The van der Waals surface area contributed by atoms with Gasteiger partial charge >= 0.3 is 0 Å². The minimum absolute atomic E-state index is 0.218. The van der Waals surface area contributed by atoms with Gasteiger partial charge in [0.1, 0.15) is 5.75 Å². The van der Waals surface area contributed by atoms with Gasteiger partial charge in [-0.15, -0.1) is 0 Å².